The van der Waals surface area contributed by atoms with Gasteiger partial charge in [-0.1, -0.05) is 6.92 Å². The van der Waals surface area contributed by atoms with Gasteiger partial charge in [0.05, 0.1) is 0 Å². The fourth-order valence-electron chi connectivity index (χ4n) is 3.17. The molecule has 1 saturated heterocycles. The van der Waals surface area contributed by atoms with E-state index in [2.05, 4.69) is 22.1 Å². The molecule has 6 nitrogen and oxygen atoms in total. The molecule has 2 rings (SSSR count). The highest BCUT2D eigenvalue weighted by molar-refractivity contribution is 5.83. The first-order valence-electron chi connectivity index (χ1n) is 9.47. The van der Waals surface area contributed by atoms with Crippen molar-refractivity contribution >= 4 is 17.7 Å². The Morgan fingerprint density at radius 2 is 2.00 bits per heavy atom. The van der Waals surface area contributed by atoms with Gasteiger partial charge in [0, 0.05) is 25.1 Å². The zero-order valence-electron chi connectivity index (χ0n) is 16.4. The van der Waals surface area contributed by atoms with Crippen molar-refractivity contribution in [2.75, 3.05) is 18.4 Å². The summed E-state index contributed by atoms with van der Waals surface area (Å²) < 4.78 is 5.25. The predicted molar refractivity (Wildman–Crippen MR) is 102 cm³/mol. The number of hydrogen-bond donors (Lipinski definition) is 1. The molecule has 0 atom stereocenters. The van der Waals surface area contributed by atoms with Gasteiger partial charge in [0.2, 0.25) is 0 Å². The maximum absolute atomic E-state index is 12.0. The molecule has 1 aliphatic rings. The zero-order chi connectivity index (χ0) is 19.2. The summed E-state index contributed by atoms with van der Waals surface area (Å²) in [6.07, 6.45) is 4.70. The van der Waals surface area contributed by atoms with Crippen LogP contribution in [0.5, 0.6) is 0 Å². The third-order valence-electron chi connectivity index (χ3n) is 4.40. The number of likely N-dealkylation sites (tertiary alicyclic amines) is 1. The number of ketones is 1. The van der Waals surface area contributed by atoms with E-state index in [4.69, 9.17) is 4.74 Å². The van der Waals surface area contributed by atoms with E-state index in [0.29, 0.717) is 18.0 Å². The van der Waals surface area contributed by atoms with Crippen molar-refractivity contribution in [2.45, 2.75) is 65.5 Å². The van der Waals surface area contributed by atoms with Crippen molar-refractivity contribution in [1.29, 1.82) is 0 Å². The number of ether oxygens (including phenoxy) is 1. The monoisotopic (exact) mass is 361 g/mol. The quantitative estimate of drug-likeness (QED) is 0.829. The summed E-state index contributed by atoms with van der Waals surface area (Å²) in [5.74, 6) is 1.14. The summed E-state index contributed by atoms with van der Waals surface area (Å²) >= 11 is 0. The first-order chi connectivity index (χ1) is 12.3. The third kappa shape index (κ3) is 6.75. The fraction of sp³-hybridized carbons (Fsp3) is 0.650. The van der Waals surface area contributed by atoms with Crippen molar-refractivity contribution in [2.24, 2.45) is 5.92 Å². The number of nitrogens with one attached hydrogen (secondary N) is 1. The smallest absolute Gasteiger partial charge is 0.413 e. The maximum atomic E-state index is 12.0. The molecule has 26 heavy (non-hydrogen) atoms. The van der Waals surface area contributed by atoms with Gasteiger partial charge in [-0.15, -0.1) is 0 Å². The Hall–Kier alpha value is -1.95. The van der Waals surface area contributed by atoms with Crippen LogP contribution in [0.15, 0.2) is 18.3 Å². The Bertz CT molecular complexity index is 617. The van der Waals surface area contributed by atoms with Crippen molar-refractivity contribution in [3.05, 3.63) is 23.9 Å². The van der Waals surface area contributed by atoms with E-state index >= 15 is 0 Å². The van der Waals surface area contributed by atoms with Crippen LogP contribution in [0.25, 0.3) is 0 Å². The molecule has 1 aromatic rings. The number of hydrogen-bond acceptors (Lipinski definition) is 5. The van der Waals surface area contributed by atoms with Crippen molar-refractivity contribution in [1.82, 2.24) is 9.88 Å². The van der Waals surface area contributed by atoms with Crippen LogP contribution in [-0.2, 0) is 16.1 Å². The van der Waals surface area contributed by atoms with Gasteiger partial charge in [0.1, 0.15) is 17.2 Å². The molecule has 2 heterocycles. The number of amides is 1. The van der Waals surface area contributed by atoms with Gasteiger partial charge in [-0.05, 0) is 70.8 Å². The van der Waals surface area contributed by atoms with Crippen LogP contribution in [0.4, 0.5) is 10.6 Å². The average molecular weight is 361 g/mol. The molecule has 1 aromatic heterocycles. The molecule has 1 fully saturated rings. The topological polar surface area (TPSA) is 71.5 Å². The van der Waals surface area contributed by atoms with Gasteiger partial charge in [-0.2, -0.15) is 0 Å². The average Bonchev–Trinajstić information content (AvgIpc) is 2.54. The molecular weight excluding hydrogens is 330 g/mol. The molecule has 1 amide bonds. The second-order valence-electron chi connectivity index (χ2n) is 7.94. The Labute approximate surface area is 156 Å². The molecule has 1 aliphatic heterocycles. The van der Waals surface area contributed by atoms with E-state index in [0.717, 1.165) is 44.5 Å². The third-order valence-corrected chi connectivity index (χ3v) is 4.40. The lowest BCUT2D eigenvalue weighted by atomic mass is 9.90. The van der Waals surface area contributed by atoms with Gasteiger partial charge in [-0.3, -0.25) is 15.0 Å². The van der Waals surface area contributed by atoms with Gasteiger partial charge in [0.15, 0.2) is 0 Å². The van der Waals surface area contributed by atoms with Crippen LogP contribution in [-0.4, -0.2) is 40.5 Å². The molecule has 0 bridgehead atoms. The van der Waals surface area contributed by atoms with E-state index < -0.39 is 11.7 Å². The fourth-order valence-corrected chi connectivity index (χ4v) is 3.17. The van der Waals surface area contributed by atoms with Crippen LogP contribution in [0.3, 0.4) is 0 Å². The zero-order valence-corrected chi connectivity index (χ0v) is 16.4. The minimum atomic E-state index is -0.540. The van der Waals surface area contributed by atoms with E-state index in [9.17, 15) is 9.59 Å². The summed E-state index contributed by atoms with van der Waals surface area (Å²) in [4.78, 5) is 30.4. The first-order valence-corrected chi connectivity index (χ1v) is 9.47. The van der Waals surface area contributed by atoms with Crippen LogP contribution in [0.2, 0.25) is 0 Å². The lowest BCUT2D eigenvalue weighted by molar-refractivity contribution is -0.124. The number of carbonyl (C=O) groups is 2. The van der Waals surface area contributed by atoms with Crippen molar-refractivity contribution < 1.29 is 14.3 Å². The lowest BCUT2D eigenvalue weighted by Crippen LogP contribution is -2.35. The Morgan fingerprint density at radius 3 is 2.62 bits per heavy atom. The second kappa shape index (κ2) is 9.12. The molecule has 0 aliphatic carbocycles. The molecular formula is C20H31N3O3. The van der Waals surface area contributed by atoms with Gasteiger partial charge in [0.25, 0.3) is 0 Å². The number of aromatic nitrogens is 1. The first kappa shape index (κ1) is 20.4. The molecule has 1 N–H and O–H groups in total. The number of piperidine rings is 1. The highest BCUT2D eigenvalue weighted by atomic mass is 16.6. The van der Waals surface area contributed by atoms with Crippen LogP contribution in [0.1, 0.15) is 58.9 Å². The molecule has 0 saturated carbocycles. The number of Topliss-reactive ketones (excluding diaryl/α,β-unsaturated/α-hetero) is 1. The summed E-state index contributed by atoms with van der Waals surface area (Å²) in [6.45, 7) is 10.2. The van der Waals surface area contributed by atoms with Crippen LogP contribution < -0.4 is 5.32 Å². The molecule has 0 unspecified atom stereocenters. The molecule has 0 radical (unpaired) electrons. The van der Waals surface area contributed by atoms with E-state index in [-0.39, 0.29) is 5.92 Å². The summed E-state index contributed by atoms with van der Waals surface area (Å²) in [6, 6.07) is 3.83. The van der Waals surface area contributed by atoms with Gasteiger partial charge < -0.3 is 4.74 Å². The van der Waals surface area contributed by atoms with Crippen LogP contribution >= 0.6 is 0 Å². The van der Waals surface area contributed by atoms with Gasteiger partial charge in [-0.25, -0.2) is 9.78 Å². The second-order valence-corrected chi connectivity index (χ2v) is 7.94. The molecule has 6 heteroatoms. The summed E-state index contributed by atoms with van der Waals surface area (Å²) in [5.41, 5.74) is 0.547. The standard InChI is InChI=1S/C20H31N3O3/c1-5-6-17(24)16-8-11-23(12-9-16)14-15-7-10-21-18(13-15)22-19(25)26-20(2,3)4/h7,10,13,16H,5-6,8-9,11-12,14H2,1-4H3,(H,21,22,25). The maximum Gasteiger partial charge on any atom is 0.413 e. The number of pyridine rings is 1. The number of nitrogens with zero attached hydrogens (tertiary/aromatic N) is 2. The number of anilines is 1. The van der Waals surface area contributed by atoms with Crippen LogP contribution in [0, 0.1) is 5.92 Å². The van der Waals surface area contributed by atoms with E-state index in [1.165, 1.54) is 0 Å². The minimum absolute atomic E-state index is 0.230. The molecule has 0 aromatic carbocycles. The Kier molecular flexibility index (Phi) is 7.14. The predicted octanol–water partition coefficient (Wildman–Crippen LogP) is 4.01. The minimum Gasteiger partial charge on any atom is -0.444 e. The Balaban J connectivity index is 1.85. The summed E-state index contributed by atoms with van der Waals surface area (Å²) in [7, 11) is 0. The number of carbonyl (C=O) groups excluding carboxylic acids is 2. The highest BCUT2D eigenvalue weighted by Crippen LogP contribution is 2.22. The van der Waals surface area contributed by atoms with E-state index in [1.54, 1.807) is 6.20 Å². The Morgan fingerprint density at radius 1 is 1.31 bits per heavy atom. The van der Waals surface area contributed by atoms with Gasteiger partial charge >= 0.3 is 6.09 Å². The largest absolute Gasteiger partial charge is 0.444 e. The normalized spacial score (nSPS) is 16.3. The molecule has 0 spiro atoms. The highest BCUT2D eigenvalue weighted by Gasteiger charge is 2.24. The summed E-state index contributed by atoms with van der Waals surface area (Å²) in [5, 5.41) is 2.68. The SMILES string of the molecule is CCCC(=O)C1CCN(Cc2ccnc(NC(=O)OC(C)(C)C)c2)CC1. The van der Waals surface area contributed by atoms with Crippen molar-refractivity contribution in [3.63, 3.8) is 0 Å². The number of rotatable bonds is 6. The van der Waals surface area contributed by atoms with Crippen molar-refractivity contribution in [3.8, 4) is 0 Å². The van der Waals surface area contributed by atoms with E-state index in [1.807, 2.05) is 32.9 Å². The molecule has 144 valence electrons. The lowest BCUT2D eigenvalue weighted by Gasteiger charge is -2.31.